The smallest absolute Gasteiger partial charge is 0.226 e. The number of fused-ring (bicyclic) bond motifs is 3. The van der Waals surface area contributed by atoms with Crippen LogP contribution in [0, 0.1) is 5.92 Å². The van der Waals surface area contributed by atoms with E-state index in [1.54, 1.807) is 17.7 Å². The fourth-order valence-electron chi connectivity index (χ4n) is 5.13. The number of piperidine rings is 1. The predicted octanol–water partition coefficient (Wildman–Crippen LogP) is 3.64. The van der Waals surface area contributed by atoms with E-state index in [1.807, 2.05) is 18.2 Å². The van der Waals surface area contributed by atoms with Gasteiger partial charge in [0, 0.05) is 46.2 Å². The molecule has 1 amide bonds. The second kappa shape index (κ2) is 9.69. The number of aryl methyl sites for hydroxylation is 1. The van der Waals surface area contributed by atoms with E-state index in [-0.39, 0.29) is 5.92 Å². The van der Waals surface area contributed by atoms with E-state index in [1.165, 1.54) is 10.4 Å². The summed E-state index contributed by atoms with van der Waals surface area (Å²) in [7, 11) is 4.25. The summed E-state index contributed by atoms with van der Waals surface area (Å²) in [4.78, 5) is 29.8. The normalized spacial score (nSPS) is 18.9. The first kappa shape index (κ1) is 23.3. The van der Waals surface area contributed by atoms with Crippen LogP contribution in [0.25, 0.3) is 10.2 Å². The summed E-state index contributed by atoms with van der Waals surface area (Å²) in [6.07, 6.45) is 6.24. The van der Waals surface area contributed by atoms with E-state index in [9.17, 15) is 4.79 Å². The number of carbonyl (C=O) groups is 1. The summed E-state index contributed by atoms with van der Waals surface area (Å²) in [5, 5.41) is 10.2. The van der Waals surface area contributed by atoms with Crippen LogP contribution in [0.2, 0.25) is 0 Å². The van der Waals surface area contributed by atoms with Crippen LogP contribution in [-0.4, -0.2) is 58.9 Å². The number of nitrogens with two attached hydrogens (primary N) is 2. The fraction of sp³-hybridized carbons (Fsp3) is 0.458. The number of hydrogen-bond acceptors (Lipinski definition) is 9. The van der Waals surface area contributed by atoms with Crippen LogP contribution >= 0.6 is 23.3 Å². The maximum absolute atomic E-state index is 13.3. The first-order chi connectivity index (χ1) is 16.4. The van der Waals surface area contributed by atoms with Crippen LogP contribution in [-0.2, 0) is 17.6 Å². The molecule has 10 heteroatoms. The predicted molar refractivity (Wildman–Crippen MR) is 140 cm³/mol. The van der Waals surface area contributed by atoms with Crippen molar-refractivity contribution >= 4 is 56.6 Å². The van der Waals surface area contributed by atoms with Crippen molar-refractivity contribution in [1.82, 2.24) is 19.8 Å². The lowest BCUT2D eigenvalue weighted by Crippen LogP contribution is -2.47. The van der Waals surface area contributed by atoms with E-state index >= 15 is 0 Å². The number of nitrogen functional groups attached to an aromatic ring is 1. The van der Waals surface area contributed by atoms with Gasteiger partial charge < -0.3 is 20.9 Å². The number of aromatic nitrogens is 2. The first-order valence-corrected chi connectivity index (χ1v) is 13.4. The van der Waals surface area contributed by atoms with Gasteiger partial charge >= 0.3 is 0 Å². The zero-order valence-corrected chi connectivity index (χ0v) is 21.2. The van der Waals surface area contributed by atoms with Crippen molar-refractivity contribution in [2.75, 3.05) is 38.2 Å². The first-order valence-electron chi connectivity index (χ1n) is 11.7. The van der Waals surface area contributed by atoms with Gasteiger partial charge in [-0.3, -0.25) is 9.93 Å². The molecule has 1 aromatic carbocycles. The standard InChI is InChI=1S/C24H31N7OS2/c1-30(2)16-7-9-31(10-8-16)24(32)14-3-5-17-19(11-14)33-23-21(17)22(27-13-28-23)29-15-4-6-18(25)20(12-15)34-26/h4,6,12-14,16H,3,5,7-11,25-26H2,1-2H3,(H,27,28,29). The van der Waals surface area contributed by atoms with Crippen LogP contribution in [0.15, 0.2) is 29.4 Å². The molecule has 0 spiro atoms. The highest BCUT2D eigenvalue weighted by Crippen LogP contribution is 2.41. The lowest BCUT2D eigenvalue weighted by Gasteiger charge is -2.37. The topological polar surface area (TPSA) is 113 Å². The molecule has 0 saturated carbocycles. The number of nitrogens with zero attached hydrogens (tertiary/aromatic N) is 4. The van der Waals surface area contributed by atoms with Crippen molar-refractivity contribution in [3.8, 4) is 0 Å². The molecule has 0 radical (unpaired) electrons. The molecule has 180 valence electrons. The maximum Gasteiger partial charge on any atom is 0.226 e. The van der Waals surface area contributed by atoms with Crippen LogP contribution < -0.4 is 16.2 Å². The zero-order valence-electron chi connectivity index (χ0n) is 19.6. The van der Waals surface area contributed by atoms with Gasteiger partial charge in [-0.1, -0.05) is 0 Å². The lowest BCUT2D eigenvalue weighted by molar-refractivity contribution is -0.137. The summed E-state index contributed by atoms with van der Waals surface area (Å²) in [6.45, 7) is 1.73. The third-order valence-electron chi connectivity index (χ3n) is 7.10. The third kappa shape index (κ3) is 4.47. The van der Waals surface area contributed by atoms with Crippen LogP contribution in [0.5, 0.6) is 0 Å². The molecule has 1 fully saturated rings. The Balaban J connectivity index is 1.35. The molecule has 1 aliphatic heterocycles. The molecule has 2 aromatic heterocycles. The summed E-state index contributed by atoms with van der Waals surface area (Å²) < 4.78 is 0. The van der Waals surface area contributed by atoms with E-state index in [2.05, 4.69) is 39.2 Å². The molecule has 3 heterocycles. The van der Waals surface area contributed by atoms with Crippen molar-refractivity contribution in [2.24, 2.45) is 11.1 Å². The summed E-state index contributed by atoms with van der Waals surface area (Å²) >= 11 is 2.82. The largest absolute Gasteiger partial charge is 0.398 e. The Morgan fingerprint density at radius 3 is 2.76 bits per heavy atom. The van der Waals surface area contributed by atoms with Crippen molar-refractivity contribution < 1.29 is 4.79 Å². The van der Waals surface area contributed by atoms with Gasteiger partial charge in [0.2, 0.25) is 5.91 Å². The Labute approximate surface area is 208 Å². The van der Waals surface area contributed by atoms with E-state index in [0.29, 0.717) is 17.6 Å². The van der Waals surface area contributed by atoms with Gasteiger partial charge in [0.05, 0.1) is 5.39 Å². The van der Waals surface area contributed by atoms with E-state index < -0.39 is 0 Å². The second-order valence-corrected chi connectivity index (χ2v) is 11.1. The second-order valence-electron chi connectivity index (χ2n) is 9.36. The molecule has 1 aliphatic carbocycles. The van der Waals surface area contributed by atoms with Crippen LogP contribution in [0.1, 0.15) is 29.7 Å². The third-order valence-corrected chi connectivity index (χ3v) is 8.87. The molecular weight excluding hydrogens is 466 g/mol. The minimum atomic E-state index is 0.0575. The molecule has 34 heavy (non-hydrogen) atoms. The molecule has 1 atom stereocenters. The number of benzene rings is 1. The molecule has 0 bridgehead atoms. The van der Waals surface area contributed by atoms with Gasteiger partial charge in [-0.15, -0.1) is 11.3 Å². The number of carbonyl (C=O) groups excluding carboxylic acids is 1. The quantitative estimate of drug-likeness (QED) is 0.362. The SMILES string of the molecule is CN(C)C1CCN(C(=O)C2CCc3c(sc4ncnc(Nc5ccc(N)c(SN)c5)c34)C2)CC1. The highest BCUT2D eigenvalue weighted by molar-refractivity contribution is 7.97. The minimum Gasteiger partial charge on any atom is -0.398 e. The van der Waals surface area contributed by atoms with Crippen LogP contribution in [0.4, 0.5) is 17.2 Å². The molecule has 5 rings (SSSR count). The minimum absolute atomic E-state index is 0.0575. The maximum atomic E-state index is 13.3. The summed E-state index contributed by atoms with van der Waals surface area (Å²) in [5.41, 5.74) is 8.80. The Kier molecular flexibility index (Phi) is 6.65. The van der Waals surface area contributed by atoms with Gasteiger partial charge in [-0.25, -0.2) is 9.97 Å². The summed E-state index contributed by atoms with van der Waals surface area (Å²) in [5.74, 6) is 1.16. The highest BCUT2D eigenvalue weighted by atomic mass is 32.2. The Hall–Kier alpha value is -2.40. The number of thiophene rings is 1. The van der Waals surface area contributed by atoms with Crippen molar-refractivity contribution in [1.29, 1.82) is 0 Å². The zero-order chi connectivity index (χ0) is 23.8. The molecule has 3 aromatic rings. The molecule has 5 N–H and O–H groups in total. The number of rotatable bonds is 5. The number of likely N-dealkylation sites (tertiary alicyclic amines) is 1. The number of nitrogens with one attached hydrogen (secondary N) is 1. The monoisotopic (exact) mass is 497 g/mol. The van der Waals surface area contributed by atoms with Gasteiger partial charge in [-0.05, 0) is 81.9 Å². The number of hydrogen-bond donors (Lipinski definition) is 3. The molecular formula is C24H31N7OS2. The van der Waals surface area contributed by atoms with Crippen molar-refractivity contribution in [3.05, 3.63) is 35.0 Å². The van der Waals surface area contributed by atoms with Gasteiger partial charge in [-0.2, -0.15) is 0 Å². The average Bonchev–Trinajstić information content (AvgIpc) is 3.23. The fourth-order valence-corrected chi connectivity index (χ4v) is 6.79. The molecule has 8 nitrogen and oxygen atoms in total. The van der Waals surface area contributed by atoms with Crippen molar-refractivity contribution in [2.45, 2.75) is 43.0 Å². The Morgan fingerprint density at radius 2 is 2.03 bits per heavy atom. The highest BCUT2D eigenvalue weighted by Gasteiger charge is 2.33. The van der Waals surface area contributed by atoms with E-state index in [0.717, 1.165) is 83.8 Å². The van der Waals surface area contributed by atoms with E-state index in [4.69, 9.17) is 10.9 Å². The molecule has 1 unspecified atom stereocenters. The van der Waals surface area contributed by atoms with Gasteiger partial charge in [0.25, 0.3) is 0 Å². The number of amides is 1. The molecule has 1 saturated heterocycles. The average molecular weight is 498 g/mol. The van der Waals surface area contributed by atoms with Crippen LogP contribution in [0.3, 0.4) is 0 Å². The Morgan fingerprint density at radius 1 is 1.24 bits per heavy atom. The lowest BCUT2D eigenvalue weighted by atomic mass is 9.86. The van der Waals surface area contributed by atoms with Gasteiger partial charge in [0.15, 0.2) is 0 Å². The van der Waals surface area contributed by atoms with Crippen molar-refractivity contribution in [3.63, 3.8) is 0 Å². The Bertz CT molecular complexity index is 1200. The summed E-state index contributed by atoms with van der Waals surface area (Å²) in [6, 6.07) is 6.28. The molecule has 2 aliphatic rings. The number of anilines is 3. The van der Waals surface area contributed by atoms with Gasteiger partial charge in [0.1, 0.15) is 17.0 Å².